The number of fused-ring (bicyclic) bond motifs is 1. The summed E-state index contributed by atoms with van der Waals surface area (Å²) in [4.78, 5) is 27.6. The number of amides is 1. The molecule has 3 rings (SSSR count). The first-order valence-electron chi connectivity index (χ1n) is 8.01. The molecule has 0 radical (unpaired) electrons. The third kappa shape index (κ3) is 3.07. The highest BCUT2D eigenvalue weighted by Crippen LogP contribution is 2.41. The number of ether oxygens (including phenoxy) is 1. The predicted molar refractivity (Wildman–Crippen MR) is 101 cm³/mol. The fraction of sp³-hybridized carbons (Fsp3) is 0.200. The van der Waals surface area contributed by atoms with Gasteiger partial charge in [0, 0.05) is 22.1 Å². The zero-order chi connectivity index (χ0) is 18.0. The Morgan fingerprint density at radius 1 is 1.20 bits per heavy atom. The van der Waals surface area contributed by atoms with Crippen LogP contribution in [0.4, 0.5) is 5.69 Å². The Labute approximate surface area is 151 Å². The molecule has 0 unspecified atom stereocenters. The Morgan fingerprint density at radius 2 is 1.96 bits per heavy atom. The van der Waals surface area contributed by atoms with Crippen molar-refractivity contribution in [1.29, 1.82) is 0 Å². The van der Waals surface area contributed by atoms with Crippen LogP contribution >= 0.6 is 11.8 Å². The zero-order valence-electron chi connectivity index (χ0n) is 14.4. The number of nitrogens with zero attached hydrogens (tertiary/aromatic N) is 1. The molecule has 0 saturated heterocycles. The van der Waals surface area contributed by atoms with E-state index in [2.05, 4.69) is 6.92 Å². The summed E-state index contributed by atoms with van der Waals surface area (Å²) in [7, 11) is 1.33. The Kier molecular flexibility index (Phi) is 4.95. The number of methoxy groups -OCH3 is 1. The van der Waals surface area contributed by atoms with Gasteiger partial charge in [0.15, 0.2) is 0 Å². The molecule has 0 fully saturated rings. The van der Waals surface area contributed by atoms with Crippen molar-refractivity contribution in [3.63, 3.8) is 0 Å². The van der Waals surface area contributed by atoms with E-state index >= 15 is 0 Å². The zero-order valence-corrected chi connectivity index (χ0v) is 15.2. The first-order valence-corrected chi connectivity index (χ1v) is 9.23. The van der Waals surface area contributed by atoms with Gasteiger partial charge in [0.25, 0.3) is 5.91 Å². The Balaban J connectivity index is 2.22. The molecule has 25 heavy (non-hydrogen) atoms. The van der Waals surface area contributed by atoms with E-state index in [4.69, 9.17) is 4.74 Å². The maximum Gasteiger partial charge on any atom is 0.332 e. The van der Waals surface area contributed by atoms with Crippen molar-refractivity contribution in [2.45, 2.75) is 18.2 Å². The molecule has 1 aliphatic rings. The first-order chi connectivity index (χ1) is 12.1. The minimum Gasteiger partial charge on any atom is -0.466 e. The molecular formula is C20H19NO3S. The van der Waals surface area contributed by atoms with Gasteiger partial charge in [0.2, 0.25) is 0 Å². The van der Waals surface area contributed by atoms with Crippen LogP contribution in [0.25, 0.3) is 5.70 Å². The molecule has 128 valence electrons. The van der Waals surface area contributed by atoms with Crippen molar-refractivity contribution in [3.05, 3.63) is 65.2 Å². The lowest BCUT2D eigenvalue weighted by Gasteiger charge is -2.21. The van der Waals surface area contributed by atoms with Crippen LogP contribution in [0.1, 0.15) is 28.4 Å². The molecule has 0 saturated carbocycles. The van der Waals surface area contributed by atoms with E-state index in [0.717, 1.165) is 28.1 Å². The summed E-state index contributed by atoms with van der Waals surface area (Å²) in [5.41, 5.74) is 3.81. The number of hydrogen-bond acceptors (Lipinski definition) is 4. The van der Waals surface area contributed by atoms with E-state index < -0.39 is 5.97 Å². The van der Waals surface area contributed by atoms with Crippen molar-refractivity contribution >= 4 is 35.0 Å². The predicted octanol–water partition coefficient (Wildman–Crippen LogP) is 4.15. The van der Waals surface area contributed by atoms with Crippen molar-refractivity contribution in [1.82, 2.24) is 0 Å². The molecule has 0 aromatic heterocycles. The maximum absolute atomic E-state index is 13.1. The lowest BCUT2D eigenvalue weighted by molar-refractivity contribution is -0.134. The summed E-state index contributed by atoms with van der Waals surface area (Å²) in [6, 6.07) is 13.4. The molecule has 0 aliphatic carbocycles. The molecule has 0 atom stereocenters. The van der Waals surface area contributed by atoms with Gasteiger partial charge in [-0.1, -0.05) is 25.1 Å². The smallest absolute Gasteiger partial charge is 0.332 e. The Morgan fingerprint density at radius 3 is 2.64 bits per heavy atom. The van der Waals surface area contributed by atoms with E-state index in [0.29, 0.717) is 11.3 Å². The number of benzene rings is 2. The number of esters is 1. The van der Waals surface area contributed by atoms with E-state index in [1.807, 2.05) is 48.7 Å². The maximum atomic E-state index is 13.1. The summed E-state index contributed by atoms with van der Waals surface area (Å²) in [5.74, 6) is -0.613. The standard InChI is InChI=1S/C20H19NO3S/c1-4-13-9-10-14-15(11-13)17(12-19(22)24-2)21(20(14)23)16-7-5-6-8-18(16)25-3/h5-12H,4H2,1-3H3/b17-12+. The normalized spacial score (nSPS) is 14.8. The molecule has 4 nitrogen and oxygen atoms in total. The highest BCUT2D eigenvalue weighted by Gasteiger charge is 2.35. The number of thioether (sulfide) groups is 1. The van der Waals surface area contributed by atoms with Crippen LogP contribution in [0.15, 0.2) is 53.4 Å². The van der Waals surface area contributed by atoms with Crippen LogP contribution in [0, 0.1) is 0 Å². The second-order valence-corrected chi connectivity index (χ2v) is 6.45. The average Bonchev–Trinajstić information content (AvgIpc) is 2.92. The summed E-state index contributed by atoms with van der Waals surface area (Å²) in [6.07, 6.45) is 4.21. The van der Waals surface area contributed by atoms with Gasteiger partial charge in [-0.25, -0.2) is 4.79 Å². The molecule has 0 spiro atoms. The van der Waals surface area contributed by atoms with Crippen LogP contribution < -0.4 is 4.90 Å². The molecule has 2 aromatic rings. The van der Waals surface area contributed by atoms with Crippen molar-refractivity contribution in [2.24, 2.45) is 0 Å². The summed E-state index contributed by atoms with van der Waals surface area (Å²) >= 11 is 1.56. The van der Waals surface area contributed by atoms with Crippen LogP contribution in [0.5, 0.6) is 0 Å². The van der Waals surface area contributed by atoms with E-state index in [-0.39, 0.29) is 5.91 Å². The molecule has 1 aliphatic heterocycles. The van der Waals surface area contributed by atoms with Gasteiger partial charge in [-0.3, -0.25) is 9.69 Å². The molecule has 0 N–H and O–H groups in total. The minimum absolute atomic E-state index is 0.130. The average molecular weight is 353 g/mol. The fourth-order valence-corrected chi connectivity index (χ4v) is 3.51. The number of rotatable bonds is 4. The number of carbonyl (C=O) groups excluding carboxylic acids is 2. The number of para-hydroxylation sites is 1. The molecule has 0 bridgehead atoms. The van der Waals surface area contributed by atoms with Crippen LogP contribution in [0.3, 0.4) is 0 Å². The lowest BCUT2D eigenvalue weighted by Crippen LogP contribution is -2.23. The van der Waals surface area contributed by atoms with Gasteiger partial charge in [0.1, 0.15) is 0 Å². The van der Waals surface area contributed by atoms with Gasteiger partial charge in [0.05, 0.1) is 18.5 Å². The largest absolute Gasteiger partial charge is 0.466 e. The van der Waals surface area contributed by atoms with Gasteiger partial charge >= 0.3 is 5.97 Å². The highest BCUT2D eigenvalue weighted by atomic mass is 32.2. The minimum atomic E-state index is -0.482. The van der Waals surface area contributed by atoms with E-state index in [1.54, 1.807) is 16.7 Å². The Hall–Kier alpha value is -2.53. The quantitative estimate of drug-likeness (QED) is 0.471. The van der Waals surface area contributed by atoms with E-state index in [9.17, 15) is 9.59 Å². The summed E-state index contributed by atoms with van der Waals surface area (Å²) in [5, 5.41) is 0. The fourth-order valence-electron chi connectivity index (χ4n) is 2.93. The second-order valence-electron chi connectivity index (χ2n) is 5.60. The van der Waals surface area contributed by atoms with Crippen molar-refractivity contribution in [2.75, 3.05) is 18.3 Å². The van der Waals surface area contributed by atoms with Crippen LogP contribution in [-0.4, -0.2) is 25.2 Å². The molecule has 1 amide bonds. The summed E-state index contributed by atoms with van der Waals surface area (Å²) in [6.45, 7) is 2.06. The third-order valence-corrected chi connectivity index (χ3v) is 5.01. The molecular weight excluding hydrogens is 334 g/mol. The highest BCUT2D eigenvalue weighted by molar-refractivity contribution is 7.98. The van der Waals surface area contributed by atoms with Gasteiger partial charge in [-0.2, -0.15) is 0 Å². The number of carbonyl (C=O) groups is 2. The number of hydrogen-bond donors (Lipinski definition) is 0. The number of aryl methyl sites for hydroxylation is 1. The molecule has 5 heteroatoms. The molecule has 1 heterocycles. The number of anilines is 1. The Bertz CT molecular complexity index is 873. The van der Waals surface area contributed by atoms with Crippen LogP contribution in [0.2, 0.25) is 0 Å². The van der Waals surface area contributed by atoms with Crippen LogP contribution in [-0.2, 0) is 16.0 Å². The first kappa shape index (κ1) is 17.3. The van der Waals surface area contributed by atoms with Gasteiger partial charge in [-0.15, -0.1) is 11.8 Å². The summed E-state index contributed by atoms with van der Waals surface area (Å²) < 4.78 is 4.80. The van der Waals surface area contributed by atoms with Crippen molar-refractivity contribution < 1.29 is 14.3 Å². The lowest BCUT2D eigenvalue weighted by atomic mass is 10.0. The topological polar surface area (TPSA) is 46.6 Å². The third-order valence-electron chi connectivity index (χ3n) is 4.22. The van der Waals surface area contributed by atoms with Crippen molar-refractivity contribution in [3.8, 4) is 0 Å². The second kappa shape index (κ2) is 7.15. The SMILES string of the molecule is CCc1ccc2c(c1)/C(=C\C(=O)OC)N(c1ccccc1SC)C2=O. The molecule has 2 aromatic carbocycles. The monoisotopic (exact) mass is 353 g/mol. The van der Waals surface area contributed by atoms with Gasteiger partial charge in [-0.05, 0) is 42.5 Å². The van der Waals surface area contributed by atoms with Gasteiger partial charge < -0.3 is 4.74 Å². The van der Waals surface area contributed by atoms with E-state index in [1.165, 1.54) is 13.2 Å².